The number of hydrogen-bond acceptors (Lipinski definition) is 5. The molecule has 1 saturated carbocycles. The minimum absolute atomic E-state index is 0.00167. The van der Waals surface area contributed by atoms with Crippen LogP contribution in [0, 0.1) is 11.7 Å². The molecular formula is C26H26FNO5S. The Hall–Kier alpha value is -3.26. The molecule has 0 saturated heterocycles. The molecule has 1 amide bonds. The molecule has 6 nitrogen and oxygen atoms in total. The summed E-state index contributed by atoms with van der Waals surface area (Å²) in [6.07, 6.45) is 3.44. The lowest BCUT2D eigenvalue weighted by molar-refractivity contribution is -0.143. The summed E-state index contributed by atoms with van der Waals surface area (Å²) in [5.74, 6) is -0.990. The molecule has 1 aliphatic carbocycles. The van der Waals surface area contributed by atoms with Gasteiger partial charge in [-0.05, 0) is 74.6 Å². The van der Waals surface area contributed by atoms with Crippen molar-refractivity contribution in [2.45, 2.75) is 44.6 Å². The lowest BCUT2D eigenvalue weighted by atomic mass is 9.87. The molecule has 0 spiro atoms. The van der Waals surface area contributed by atoms with E-state index >= 15 is 0 Å². The number of ether oxygens (including phenoxy) is 1. The van der Waals surface area contributed by atoms with Gasteiger partial charge in [-0.2, -0.15) is 0 Å². The molecule has 2 aromatic carbocycles. The van der Waals surface area contributed by atoms with Gasteiger partial charge in [-0.3, -0.25) is 14.4 Å². The van der Waals surface area contributed by atoms with Crippen LogP contribution in [-0.4, -0.2) is 35.4 Å². The third kappa shape index (κ3) is 5.80. The summed E-state index contributed by atoms with van der Waals surface area (Å²) in [5.41, 5.74) is 0.577. The van der Waals surface area contributed by atoms with Crippen molar-refractivity contribution in [3.63, 3.8) is 0 Å². The summed E-state index contributed by atoms with van der Waals surface area (Å²) < 4.78 is 20.5. The predicted molar refractivity (Wildman–Crippen MR) is 128 cm³/mol. The van der Waals surface area contributed by atoms with E-state index in [0.717, 1.165) is 4.70 Å². The first-order chi connectivity index (χ1) is 16.4. The molecule has 34 heavy (non-hydrogen) atoms. The Labute approximate surface area is 200 Å². The van der Waals surface area contributed by atoms with Crippen LogP contribution in [0.4, 0.5) is 4.39 Å². The van der Waals surface area contributed by atoms with Gasteiger partial charge in [-0.15, -0.1) is 11.3 Å². The van der Waals surface area contributed by atoms with E-state index in [1.165, 1.54) is 17.4 Å². The minimum Gasteiger partial charge on any atom is -0.490 e. The maximum absolute atomic E-state index is 13.8. The number of hydrogen-bond donors (Lipinski definition) is 2. The molecular weight excluding hydrogens is 457 g/mol. The number of rotatable bonds is 9. The van der Waals surface area contributed by atoms with Crippen LogP contribution in [0.25, 0.3) is 10.1 Å². The fraction of sp³-hybridized carbons (Fsp3) is 0.346. The van der Waals surface area contributed by atoms with E-state index in [1.807, 2.05) is 0 Å². The third-order valence-corrected chi connectivity index (χ3v) is 7.20. The summed E-state index contributed by atoms with van der Waals surface area (Å²) >= 11 is 1.24. The molecule has 1 aliphatic rings. The van der Waals surface area contributed by atoms with Gasteiger partial charge in [0.05, 0.1) is 16.9 Å². The van der Waals surface area contributed by atoms with Gasteiger partial charge < -0.3 is 15.2 Å². The molecule has 3 aromatic rings. The van der Waals surface area contributed by atoms with E-state index in [4.69, 9.17) is 9.84 Å². The number of thiophene rings is 1. The normalized spacial score (nSPS) is 17.9. The average Bonchev–Trinajstić information content (AvgIpc) is 3.28. The SMILES string of the molecule is O=C(CCCNC(=O)c1cc2c(F)cccc2s1)c1ccc(OC2CCC(C(=O)O)CC2)cc1. The fourth-order valence-corrected chi connectivity index (χ4v) is 5.15. The van der Waals surface area contributed by atoms with E-state index in [1.54, 1.807) is 42.5 Å². The van der Waals surface area contributed by atoms with Crippen molar-refractivity contribution in [2.24, 2.45) is 5.92 Å². The van der Waals surface area contributed by atoms with E-state index < -0.39 is 5.97 Å². The van der Waals surface area contributed by atoms with Crippen molar-refractivity contribution >= 4 is 39.1 Å². The minimum atomic E-state index is -0.739. The van der Waals surface area contributed by atoms with Crippen LogP contribution in [0.15, 0.2) is 48.5 Å². The number of amides is 1. The number of carbonyl (C=O) groups excluding carboxylic acids is 2. The second-order valence-electron chi connectivity index (χ2n) is 8.50. The Morgan fingerprint density at radius 3 is 2.47 bits per heavy atom. The van der Waals surface area contributed by atoms with Gasteiger partial charge >= 0.3 is 5.97 Å². The second kappa shape index (κ2) is 10.8. The molecule has 0 bridgehead atoms. The number of benzene rings is 2. The molecule has 4 rings (SSSR count). The van der Waals surface area contributed by atoms with Gasteiger partial charge in [0.2, 0.25) is 0 Å². The van der Waals surface area contributed by atoms with Crippen LogP contribution in [0.3, 0.4) is 0 Å². The highest BCUT2D eigenvalue weighted by Gasteiger charge is 2.26. The Morgan fingerprint density at radius 1 is 1.06 bits per heavy atom. The van der Waals surface area contributed by atoms with Crippen LogP contribution in [0.2, 0.25) is 0 Å². The Morgan fingerprint density at radius 2 is 1.79 bits per heavy atom. The number of ketones is 1. The number of carbonyl (C=O) groups is 3. The third-order valence-electron chi connectivity index (χ3n) is 6.10. The van der Waals surface area contributed by atoms with Crippen LogP contribution < -0.4 is 10.1 Å². The van der Waals surface area contributed by atoms with E-state index in [2.05, 4.69) is 5.32 Å². The highest BCUT2D eigenvalue weighted by atomic mass is 32.1. The first kappa shape index (κ1) is 23.9. The highest BCUT2D eigenvalue weighted by Crippen LogP contribution is 2.29. The smallest absolute Gasteiger partial charge is 0.306 e. The van der Waals surface area contributed by atoms with Gasteiger partial charge in [-0.1, -0.05) is 6.07 Å². The lowest BCUT2D eigenvalue weighted by Gasteiger charge is -2.26. The molecule has 0 unspecified atom stereocenters. The summed E-state index contributed by atoms with van der Waals surface area (Å²) in [4.78, 5) is 36.3. The first-order valence-electron chi connectivity index (χ1n) is 11.4. The maximum atomic E-state index is 13.8. The number of nitrogens with one attached hydrogen (secondary N) is 1. The maximum Gasteiger partial charge on any atom is 0.306 e. The molecule has 0 atom stereocenters. The van der Waals surface area contributed by atoms with Gasteiger partial charge in [0.1, 0.15) is 11.6 Å². The highest BCUT2D eigenvalue weighted by molar-refractivity contribution is 7.20. The molecule has 0 radical (unpaired) electrons. The number of halogens is 1. The topological polar surface area (TPSA) is 92.7 Å². The Balaban J connectivity index is 1.20. The Bertz CT molecular complexity index is 1180. The van der Waals surface area contributed by atoms with Crippen molar-refractivity contribution in [3.8, 4) is 5.75 Å². The van der Waals surface area contributed by atoms with E-state index in [9.17, 15) is 18.8 Å². The van der Waals surface area contributed by atoms with Crippen LogP contribution in [0.5, 0.6) is 5.75 Å². The molecule has 1 heterocycles. The lowest BCUT2D eigenvalue weighted by Crippen LogP contribution is -2.27. The molecule has 1 fully saturated rings. The number of fused-ring (bicyclic) bond motifs is 1. The number of Topliss-reactive ketones (excluding diaryl/α,β-unsaturated/α-hetero) is 1. The molecule has 0 aliphatic heterocycles. The van der Waals surface area contributed by atoms with Crippen LogP contribution in [0.1, 0.15) is 58.6 Å². The van der Waals surface area contributed by atoms with Crippen LogP contribution >= 0.6 is 11.3 Å². The van der Waals surface area contributed by atoms with Gasteiger partial charge in [0, 0.05) is 28.6 Å². The van der Waals surface area contributed by atoms with Gasteiger partial charge in [0.15, 0.2) is 5.78 Å². The van der Waals surface area contributed by atoms with Crippen LogP contribution in [-0.2, 0) is 4.79 Å². The van der Waals surface area contributed by atoms with Crippen molar-refractivity contribution in [1.82, 2.24) is 5.32 Å². The fourth-order valence-electron chi connectivity index (χ4n) is 4.16. The van der Waals surface area contributed by atoms with Crippen molar-refractivity contribution in [1.29, 1.82) is 0 Å². The van der Waals surface area contributed by atoms with E-state index in [0.29, 0.717) is 66.6 Å². The van der Waals surface area contributed by atoms with Crippen molar-refractivity contribution in [2.75, 3.05) is 6.54 Å². The summed E-state index contributed by atoms with van der Waals surface area (Å²) in [6.45, 7) is 0.349. The molecule has 178 valence electrons. The number of carboxylic acid groups (broad SMARTS) is 1. The number of aliphatic carboxylic acids is 1. The summed E-state index contributed by atoms with van der Waals surface area (Å²) in [6, 6.07) is 13.3. The van der Waals surface area contributed by atoms with Crippen molar-refractivity contribution in [3.05, 3.63) is 64.8 Å². The number of carboxylic acids is 1. The molecule has 1 aromatic heterocycles. The molecule has 2 N–H and O–H groups in total. The average molecular weight is 484 g/mol. The second-order valence-corrected chi connectivity index (χ2v) is 9.58. The Kier molecular flexibility index (Phi) is 7.57. The summed E-state index contributed by atoms with van der Waals surface area (Å²) in [5, 5.41) is 12.3. The standard InChI is InChI=1S/C26H26FNO5S/c27-21-3-1-5-23-20(21)15-24(34-23)25(30)28-14-2-4-22(29)16-6-10-18(11-7-16)33-19-12-8-17(9-13-19)26(31)32/h1,3,5-7,10-11,15,17,19H,2,4,8-9,12-14H2,(H,28,30)(H,31,32). The summed E-state index contributed by atoms with van der Waals surface area (Å²) in [7, 11) is 0. The van der Waals surface area contributed by atoms with E-state index in [-0.39, 0.29) is 29.5 Å². The predicted octanol–water partition coefficient (Wildman–Crippen LogP) is 5.46. The zero-order valence-electron chi connectivity index (χ0n) is 18.6. The monoisotopic (exact) mass is 483 g/mol. The zero-order valence-corrected chi connectivity index (χ0v) is 19.4. The first-order valence-corrected chi connectivity index (χ1v) is 12.2. The largest absolute Gasteiger partial charge is 0.490 e. The quantitative estimate of drug-likeness (QED) is 0.312. The zero-order chi connectivity index (χ0) is 24.1. The van der Waals surface area contributed by atoms with Gasteiger partial charge in [0.25, 0.3) is 5.91 Å². The van der Waals surface area contributed by atoms with Gasteiger partial charge in [-0.25, -0.2) is 4.39 Å². The van der Waals surface area contributed by atoms with Crippen molar-refractivity contribution < 1.29 is 28.6 Å². The molecule has 8 heteroatoms.